The van der Waals surface area contributed by atoms with E-state index in [2.05, 4.69) is 5.32 Å². The number of carbonyl (C=O) groups excluding carboxylic acids is 1. The van der Waals surface area contributed by atoms with Gasteiger partial charge < -0.3 is 10.1 Å². The first-order valence-electron chi connectivity index (χ1n) is 8.81. The first-order valence-corrected chi connectivity index (χ1v) is 9.95. The number of carbonyl (C=O) groups is 1. The van der Waals surface area contributed by atoms with Gasteiger partial charge in [0.2, 0.25) is 0 Å². The monoisotopic (exact) mass is 456 g/mol. The Hall–Kier alpha value is -2.97. The Kier molecular flexibility index (Phi) is 7.37. The summed E-state index contributed by atoms with van der Waals surface area (Å²) in [7, 11) is 0. The van der Waals surface area contributed by atoms with Gasteiger partial charge in [-0.2, -0.15) is 5.26 Å². The average molecular weight is 458 g/mol. The number of nitrogens with one attached hydrogen (secondary N) is 1. The van der Waals surface area contributed by atoms with Gasteiger partial charge in [0.15, 0.2) is 5.75 Å². The van der Waals surface area contributed by atoms with E-state index >= 15 is 0 Å². The van der Waals surface area contributed by atoms with Crippen LogP contribution in [0.4, 0.5) is 5.69 Å². The molecule has 0 radical (unpaired) electrons. The maximum absolute atomic E-state index is 12.4. The second kappa shape index (κ2) is 10.2. The number of para-hydroxylation sites is 1. The second-order valence-electron chi connectivity index (χ2n) is 6.19. The maximum atomic E-state index is 12.4. The molecule has 0 spiro atoms. The molecule has 0 unspecified atom stereocenters. The molecule has 1 amide bonds. The highest BCUT2D eigenvalue weighted by molar-refractivity contribution is 6.37. The van der Waals surface area contributed by atoms with Crippen LogP contribution in [0.25, 0.3) is 6.08 Å². The summed E-state index contributed by atoms with van der Waals surface area (Å²) in [6.45, 7) is 0.305. The predicted octanol–water partition coefficient (Wildman–Crippen LogP) is 6.77. The number of benzene rings is 3. The van der Waals surface area contributed by atoms with Gasteiger partial charge in [0.25, 0.3) is 5.91 Å². The summed E-state index contributed by atoms with van der Waals surface area (Å²) < 4.78 is 5.74. The number of amides is 1. The standard InChI is InChI=1S/C23H15Cl3N2O2/c24-18-8-4-5-9-21(18)28-23(29)17(13-27)10-16-11-19(25)22(20(26)12-16)30-14-15-6-2-1-3-7-15/h1-12H,14H2,(H,28,29)/b17-10+. The van der Waals surface area contributed by atoms with Gasteiger partial charge in [-0.05, 0) is 41.5 Å². The zero-order valence-electron chi connectivity index (χ0n) is 15.5. The molecule has 3 aromatic carbocycles. The van der Waals surface area contributed by atoms with Gasteiger partial charge in [0.05, 0.1) is 20.8 Å². The van der Waals surface area contributed by atoms with Crippen molar-refractivity contribution in [3.05, 3.63) is 98.5 Å². The summed E-state index contributed by atoms with van der Waals surface area (Å²) in [4.78, 5) is 12.4. The Morgan fingerprint density at radius 1 is 0.967 bits per heavy atom. The van der Waals surface area contributed by atoms with E-state index in [1.807, 2.05) is 36.4 Å². The van der Waals surface area contributed by atoms with Crippen molar-refractivity contribution in [3.8, 4) is 11.8 Å². The molecule has 0 saturated heterocycles. The lowest BCUT2D eigenvalue weighted by atomic mass is 10.1. The predicted molar refractivity (Wildman–Crippen MR) is 121 cm³/mol. The van der Waals surface area contributed by atoms with Gasteiger partial charge in [0, 0.05) is 0 Å². The lowest BCUT2D eigenvalue weighted by Gasteiger charge is -2.11. The van der Waals surface area contributed by atoms with Crippen LogP contribution in [0.1, 0.15) is 11.1 Å². The summed E-state index contributed by atoms with van der Waals surface area (Å²) in [6.07, 6.45) is 1.39. The van der Waals surface area contributed by atoms with Crippen LogP contribution in [-0.2, 0) is 11.4 Å². The van der Waals surface area contributed by atoms with Crippen molar-refractivity contribution < 1.29 is 9.53 Å². The van der Waals surface area contributed by atoms with Gasteiger partial charge in [-0.25, -0.2) is 0 Å². The summed E-state index contributed by atoms with van der Waals surface area (Å²) in [5.41, 5.74) is 1.74. The highest BCUT2D eigenvalue weighted by atomic mass is 35.5. The second-order valence-corrected chi connectivity index (χ2v) is 7.41. The number of ether oxygens (including phenoxy) is 1. The van der Waals surface area contributed by atoms with Gasteiger partial charge in [-0.15, -0.1) is 0 Å². The van der Waals surface area contributed by atoms with E-state index in [1.54, 1.807) is 36.4 Å². The Morgan fingerprint density at radius 2 is 1.60 bits per heavy atom. The van der Waals surface area contributed by atoms with Crippen LogP contribution in [0.5, 0.6) is 5.75 Å². The molecule has 0 aliphatic rings. The number of nitrogens with zero attached hydrogens (tertiary/aromatic N) is 1. The molecule has 0 saturated carbocycles. The van der Waals surface area contributed by atoms with Crippen molar-refractivity contribution in [3.63, 3.8) is 0 Å². The number of halogens is 3. The van der Waals surface area contributed by atoms with Gasteiger partial charge in [0.1, 0.15) is 18.2 Å². The molecular weight excluding hydrogens is 443 g/mol. The molecule has 150 valence electrons. The minimum Gasteiger partial charge on any atom is -0.486 e. The smallest absolute Gasteiger partial charge is 0.266 e. The van der Waals surface area contributed by atoms with Crippen LogP contribution >= 0.6 is 34.8 Å². The van der Waals surface area contributed by atoms with E-state index in [-0.39, 0.29) is 15.6 Å². The van der Waals surface area contributed by atoms with E-state index in [4.69, 9.17) is 39.5 Å². The fourth-order valence-corrected chi connectivity index (χ4v) is 3.39. The molecule has 3 rings (SSSR count). The van der Waals surface area contributed by atoms with E-state index in [0.717, 1.165) is 5.56 Å². The Balaban J connectivity index is 1.79. The van der Waals surface area contributed by atoms with Gasteiger partial charge >= 0.3 is 0 Å². The minimum absolute atomic E-state index is 0.125. The highest BCUT2D eigenvalue weighted by Crippen LogP contribution is 2.35. The van der Waals surface area contributed by atoms with Crippen LogP contribution in [0.3, 0.4) is 0 Å². The third kappa shape index (κ3) is 5.55. The van der Waals surface area contributed by atoms with Crippen molar-refractivity contribution >= 4 is 52.5 Å². The quantitative estimate of drug-likeness (QED) is 0.328. The third-order valence-electron chi connectivity index (χ3n) is 4.04. The summed E-state index contributed by atoms with van der Waals surface area (Å²) in [5, 5.41) is 12.9. The van der Waals surface area contributed by atoms with E-state index in [0.29, 0.717) is 28.6 Å². The van der Waals surface area contributed by atoms with Crippen LogP contribution < -0.4 is 10.1 Å². The molecule has 0 fully saturated rings. The first-order chi connectivity index (χ1) is 14.5. The molecule has 7 heteroatoms. The van der Waals surface area contributed by atoms with Crippen molar-refractivity contribution in [1.82, 2.24) is 0 Å². The molecule has 3 aromatic rings. The average Bonchev–Trinajstić information content (AvgIpc) is 2.73. The molecule has 1 N–H and O–H groups in total. The Bertz CT molecular complexity index is 1120. The molecule has 0 aliphatic heterocycles. The molecule has 30 heavy (non-hydrogen) atoms. The fraction of sp³-hybridized carbons (Fsp3) is 0.0435. The summed E-state index contributed by atoms with van der Waals surface area (Å²) in [5.74, 6) is -0.263. The van der Waals surface area contributed by atoms with Crippen molar-refractivity contribution in [1.29, 1.82) is 5.26 Å². The molecule has 0 bridgehead atoms. The highest BCUT2D eigenvalue weighted by Gasteiger charge is 2.14. The third-order valence-corrected chi connectivity index (χ3v) is 4.94. The van der Waals surface area contributed by atoms with Crippen molar-refractivity contribution in [2.75, 3.05) is 5.32 Å². The lowest BCUT2D eigenvalue weighted by Crippen LogP contribution is -2.13. The number of rotatable bonds is 6. The molecule has 0 aliphatic carbocycles. The molecular formula is C23H15Cl3N2O2. The van der Waals surface area contributed by atoms with E-state index < -0.39 is 5.91 Å². The van der Waals surface area contributed by atoms with E-state index in [9.17, 15) is 10.1 Å². The number of nitriles is 1. The fourth-order valence-electron chi connectivity index (χ4n) is 2.60. The topological polar surface area (TPSA) is 62.1 Å². The Labute approximate surface area is 189 Å². The minimum atomic E-state index is -0.595. The first kappa shape index (κ1) is 21.7. The zero-order chi connectivity index (χ0) is 21.5. The molecule has 0 heterocycles. The van der Waals surface area contributed by atoms with Crippen LogP contribution in [-0.4, -0.2) is 5.91 Å². The number of hydrogen-bond donors (Lipinski definition) is 1. The molecule has 4 nitrogen and oxygen atoms in total. The maximum Gasteiger partial charge on any atom is 0.266 e. The van der Waals surface area contributed by atoms with Crippen LogP contribution in [0.15, 0.2) is 72.3 Å². The SMILES string of the molecule is N#C/C(=C\c1cc(Cl)c(OCc2ccccc2)c(Cl)c1)C(=O)Nc1ccccc1Cl. The van der Waals surface area contributed by atoms with Gasteiger partial charge in [-0.3, -0.25) is 4.79 Å². The summed E-state index contributed by atoms with van der Waals surface area (Å²) in [6, 6.07) is 21.4. The van der Waals surface area contributed by atoms with Crippen molar-refractivity contribution in [2.24, 2.45) is 0 Å². The Morgan fingerprint density at radius 3 is 2.23 bits per heavy atom. The normalized spacial score (nSPS) is 10.9. The number of hydrogen-bond acceptors (Lipinski definition) is 3. The van der Waals surface area contributed by atoms with Crippen LogP contribution in [0.2, 0.25) is 15.1 Å². The summed E-state index contributed by atoms with van der Waals surface area (Å²) >= 11 is 18.7. The van der Waals surface area contributed by atoms with E-state index in [1.165, 1.54) is 6.08 Å². The number of anilines is 1. The lowest BCUT2D eigenvalue weighted by molar-refractivity contribution is -0.112. The molecule has 0 atom stereocenters. The van der Waals surface area contributed by atoms with Crippen LogP contribution in [0, 0.1) is 11.3 Å². The zero-order valence-corrected chi connectivity index (χ0v) is 17.8. The largest absolute Gasteiger partial charge is 0.486 e. The molecule has 0 aromatic heterocycles. The van der Waals surface area contributed by atoms with Crippen molar-refractivity contribution in [2.45, 2.75) is 6.61 Å². The van der Waals surface area contributed by atoms with Gasteiger partial charge in [-0.1, -0.05) is 77.3 Å².